The van der Waals surface area contributed by atoms with Gasteiger partial charge in [-0.1, -0.05) is 32.0 Å². The fourth-order valence-corrected chi connectivity index (χ4v) is 3.39. The zero-order valence-corrected chi connectivity index (χ0v) is 16.8. The molecular weight excluding hydrogens is 381 g/mol. The monoisotopic (exact) mass is 407 g/mol. The standard InChI is InChI=1S/C20H26FN3O3S/c1-14(2)11-24(12-18(25)15-5-7-16(21)8-6-15)13-19(26)23-20(27)22-10-17-4-3-9-28-17/h3-9,14,18,25H,10-13H2,1-2H3,(H2,22,23,26,27). The van der Waals surface area contributed by atoms with Gasteiger partial charge in [-0.05, 0) is 35.1 Å². The number of halogens is 1. The van der Waals surface area contributed by atoms with Crippen molar-refractivity contribution in [2.75, 3.05) is 19.6 Å². The number of rotatable bonds is 9. The van der Waals surface area contributed by atoms with E-state index in [1.807, 2.05) is 31.4 Å². The molecule has 8 heteroatoms. The van der Waals surface area contributed by atoms with Crippen LogP contribution in [-0.4, -0.2) is 41.6 Å². The molecule has 0 aliphatic heterocycles. The predicted molar refractivity (Wildman–Crippen MR) is 107 cm³/mol. The highest BCUT2D eigenvalue weighted by Gasteiger charge is 2.19. The minimum absolute atomic E-state index is 0.0249. The molecule has 0 saturated heterocycles. The van der Waals surface area contributed by atoms with Gasteiger partial charge in [-0.2, -0.15) is 0 Å². The quantitative estimate of drug-likeness (QED) is 0.597. The Bertz CT molecular complexity index is 751. The van der Waals surface area contributed by atoms with Gasteiger partial charge in [0.05, 0.1) is 19.2 Å². The number of carbonyl (C=O) groups excluding carboxylic acids is 2. The minimum atomic E-state index is -0.861. The van der Waals surface area contributed by atoms with Crippen LogP contribution in [0, 0.1) is 11.7 Å². The third kappa shape index (κ3) is 7.75. The maximum Gasteiger partial charge on any atom is 0.321 e. The Morgan fingerprint density at radius 2 is 1.89 bits per heavy atom. The minimum Gasteiger partial charge on any atom is -0.387 e. The zero-order valence-electron chi connectivity index (χ0n) is 16.0. The number of benzene rings is 1. The molecule has 0 radical (unpaired) electrons. The molecular formula is C20H26FN3O3S. The summed E-state index contributed by atoms with van der Waals surface area (Å²) in [4.78, 5) is 26.9. The number of imide groups is 1. The van der Waals surface area contributed by atoms with Crippen molar-refractivity contribution in [1.29, 1.82) is 0 Å². The van der Waals surface area contributed by atoms with Crippen LogP contribution in [0.15, 0.2) is 41.8 Å². The number of nitrogens with zero attached hydrogens (tertiary/aromatic N) is 1. The molecule has 152 valence electrons. The molecule has 2 rings (SSSR count). The molecule has 0 fully saturated rings. The van der Waals surface area contributed by atoms with E-state index >= 15 is 0 Å². The van der Waals surface area contributed by atoms with Gasteiger partial charge in [0.15, 0.2) is 0 Å². The second-order valence-electron chi connectivity index (χ2n) is 6.97. The number of amides is 3. The topological polar surface area (TPSA) is 81.7 Å². The summed E-state index contributed by atoms with van der Waals surface area (Å²) in [5.74, 6) is -0.556. The summed E-state index contributed by atoms with van der Waals surface area (Å²) in [6.07, 6.45) is -0.861. The Morgan fingerprint density at radius 3 is 2.50 bits per heavy atom. The molecule has 0 aliphatic rings. The predicted octanol–water partition coefficient (Wildman–Crippen LogP) is 2.90. The normalized spacial score (nSPS) is 12.2. The zero-order chi connectivity index (χ0) is 20.5. The van der Waals surface area contributed by atoms with E-state index in [2.05, 4.69) is 10.6 Å². The molecule has 0 bridgehead atoms. The Balaban J connectivity index is 1.86. The van der Waals surface area contributed by atoms with Gasteiger partial charge in [-0.3, -0.25) is 15.0 Å². The first kappa shape index (κ1) is 22.0. The molecule has 1 aromatic heterocycles. The number of hydrogen-bond donors (Lipinski definition) is 3. The summed E-state index contributed by atoms with van der Waals surface area (Å²) in [5.41, 5.74) is 0.573. The van der Waals surface area contributed by atoms with Crippen LogP contribution in [0.25, 0.3) is 0 Å². The Kier molecular flexibility index (Phi) is 8.56. The highest BCUT2D eigenvalue weighted by Crippen LogP contribution is 2.15. The van der Waals surface area contributed by atoms with E-state index in [-0.39, 0.29) is 24.8 Å². The molecule has 2 aromatic rings. The van der Waals surface area contributed by atoms with Gasteiger partial charge < -0.3 is 10.4 Å². The Morgan fingerprint density at radius 1 is 1.18 bits per heavy atom. The van der Waals surface area contributed by atoms with Gasteiger partial charge in [0.25, 0.3) is 0 Å². The van der Waals surface area contributed by atoms with Crippen LogP contribution >= 0.6 is 11.3 Å². The molecule has 6 nitrogen and oxygen atoms in total. The van der Waals surface area contributed by atoms with Crippen LogP contribution in [-0.2, 0) is 11.3 Å². The fraction of sp³-hybridized carbons (Fsp3) is 0.400. The summed E-state index contributed by atoms with van der Waals surface area (Å²) in [6, 6.07) is 8.85. The highest BCUT2D eigenvalue weighted by atomic mass is 32.1. The Hall–Kier alpha value is -2.29. The lowest BCUT2D eigenvalue weighted by molar-refractivity contribution is -0.121. The van der Waals surface area contributed by atoms with E-state index in [1.54, 1.807) is 4.90 Å². The summed E-state index contributed by atoms with van der Waals surface area (Å²) in [6.45, 7) is 5.11. The third-order valence-corrected chi connectivity index (χ3v) is 4.81. The number of carbonyl (C=O) groups is 2. The molecule has 1 atom stereocenters. The molecule has 1 aromatic carbocycles. The number of aliphatic hydroxyl groups is 1. The van der Waals surface area contributed by atoms with Gasteiger partial charge in [0.1, 0.15) is 5.82 Å². The highest BCUT2D eigenvalue weighted by molar-refractivity contribution is 7.09. The van der Waals surface area contributed by atoms with Crippen LogP contribution in [0.4, 0.5) is 9.18 Å². The smallest absolute Gasteiger partial charge is 0.321 e. The first-order chi connectivity index (χ1) is 13.3. The first-order valence-electron chi connectivity index (χ1n) is 9.09. The number of nitrogens with one attached hydrogen (secondary N) is 2. The molecule has 3 amide bonds. The second kappa shape index (κ2) is 10.9. The third-order valence-electron chi connectivity index (χ3n) is 3.93. The average molecular weight is 408 g/mol. The summed E-state index contributed by atoms with van der Waals surface area (Å²) < 4.78 is 13.0. The first-order valence-corrected chi connectivity index (χ1v) is 9.97. The van der Waals surface area contributed by atoms with Crippen LogP contribution < -0.4 is 10.6 Å². The number of hydrogen-bond acceptors (Lipinski definition) is 5. The molecule has 3 N–H and O–H groups in total. The van der Waals surface area contributed by atoms with Gasteiger partial charge in [0, 0.05) is 18.0 Å². The SMILES string of the molecule is CC(C)CN(CC(=O)NC(=O)NCc1cccs1)CC(O)c1ccc(F)cc1. The summed E-state index contributed by atoms with van der Waals surface area (Å²) in [5, 5.41) is 17.3. The van der Waals surface area contributed by atoms with Crippen molar-refractivity contribution in [3.05, 3.63) is 58.0 Å². The van der Waals surface area contributed by atoms with Gasteiger partial charge in [0.2, 0.25) is 5.91 Å². The molecule has 0 spiro atoms. The average Bonchev–Trinajstić information content (AvgIpc) is 3.13. The van der Waals surface area contributed by atoms with E-state index in [0.717, 1.165) is 4.88 Å². The van der Waals surface area contributed by atoms with E-state index in [1.165, 1.54) is 35.6 Å². The largest absolute Gasteiger partial charge is 0.387 e. The van der Waals surface area contributed by atoms with Crippen LogP contribution in [0.2, 0.25) is 0 Å². The van der Waals surface area contributed by atoms with Crippen molar-refractivity contribution in [2.45, 2.75) is 26.5 Å². The number of thiophene rings is 1. The van der Waals surface area contributed by atoms with Crippen molar-refractivity contribution in [3.8, 4) is 0 Å². The van der Waals surface area contributed by atoms with E-state index < -0.39 is 18.0 Å². The maximum absolute atomic E-state index is 13.0. The van der Waals surface area contributed by atoms with Crippen LogP contribution in [0.1, 0.15) is 30.4 Å². The summed E-state index contributed by atoms with van der Waals surface area (Å²) in [7, 11) is 0. The maximum atomic E-state index is 13.0. The molecule has 0 aliphatic carbocycles. The van der Waals surface area contributed by atoms with E-state index in [0.29, 0.717) is 18.7 Å². The fourth-order valence-electron chi connectivity index (χ4n) is 2.75. The molecule has 1 unspecified atom stereocenters. The van der Waals surface area contributed by atoms with Crippen molar-refractivity contribution < 1.29 is 19.1 Å². The van der Waals surface area contributed by atoms with Crippen molar-refractivity contribution in [2.24, 2.45) is 5.92 Å². The van der Waals surface area contributed by atoms with Gasteiger partial charge >= 0.3 is 6.03 Å². The van der Waals surface area contributed by atoms with Crippen LogP contribution in [0.3, 0.4) is 0 Å². The molecule has 0 saturated carbocycles. The molecule has 1 heterocycles. The van der Waals surface area contributed by atoms with Crippen LogP contribution in [0.5, 0.6) is 0 Å². The van der Waals surface area contributed by atoms with Crippen molar-refractivity contribution >= 4 is 23.3 Å². The second-order valence-corrected chi connectivity index (χ2v) is 8.00. The number of urea groups is 1. The van der Waals surface area contributed by atoms with Crippen molar-refractivity contribution in [3.63, 3.8) is 0 Å². The van der Waals surface area contributed by atoms with Gasteiger partial charge in [-0.15, -0.1) is 11.3 Å². The number of aliphatic hydroxyl groups excluding tert-OH is 1. The van der Waals surface area contributed by atoms with Crippen molar-refractivity contribution in [1.82, 2.24) is 15.5 Å². The van der Waals surface area contributed by atoms with E-state index in [9.17, 15) is 19.1 Å². The van der Waals surface area contributed by atoms with E-state index in [4.69, 9.17) is 0 Å². The summed E-state index contributed by atoms with van der Waals surface area (Å²) >= 11 is 1.52. The lowest BCUT2D eigenvalue weighted by atomic mass is 10.1. The molecule has 28 heavy (non-hydrogen) atoms. The lowest BCUT2D eigenvalue weighted by Gasteiger charge is -2.26. The lowest BCUT2D eigenvalue weighted by Crippen LogP contribution is -2.45. The van der Waals surface area contributed by atoms with Gasteiger partial charge in [-0.25, -0.2) is 9.18 Å². The Labute approximate surface area is 168 Å².